The standard InChI is InChI=1S/C14H22N4/c1-12(2)11-17(9-4-7-15)14-6-3-5-13-16-8-10-18(13)14/h3,5-6,8,10,12H,4,7,9,11,15H2,1-2H3. The van der Waals surface area contributed by atoms with E-state index in [-0.39, 0.29) is 0 Å². The van der Waals surface area contributed by atoms with Gasteiger partial charge in [-0.1, -0.05) is 19.9 Å². The molecule has 0 radical (unpaired) electrons. The average Bonchev–Trinajstić information content (AvgIpc) is 2.82. The molecule has 2 aromatic heterocycles. The summed E-state index contributed by atoms with van der Waals surface area (Å²) < 4.78 is 2.14. The van der Waals surface area contributed by atoms with Gasteiger partial charge in [0, 0.05) is 25.5 Å². The van der Waals surface area contributed by atoms with Gasteiger partial charge >= 0.3 is 0 Å². The maximum Gasteiger partial charge on any atom is 0.138 e. The van der Waals surface area contributed by atoms with Gasteiger partial charge < -0.3 is 10.6 Å². The van der Waals surface area contributed by atoms with Gasteiger partial charge in [0.2, 0.25) is 0 Å². The van der Waals surface area contributed by atoms with E-state index in [0.29, 0.717) is 5.92 Å². The largest absolute Gasteiger partial charge is 0.357 e. The Balaban J connectivity index is 2.30. The van der Waals surface area contributed by atoms with Crippen molar-refractivity contribution < 1.29 is 0 Å². The van der Waals surface area contributed by atoms with Crippen molar-refractivity contribution in [1.29, 1.82) is 0 Å². The number of nitrogens with two attached hydrogens (primary N) is 1. The molecule has 4 heteroatoms. The molecule has 0 aliphatic rings. The predicted octanol–water partition coefficient (Wildman–Crippen LogP) is 2.15. The molecule has 98 valence electrons. The molecule has 0 bridgehead atoms. The fourth-order valence-electron chi connectivity index (χ4n) is 2.21. The topological polar surface area (TPSA) is 46.6 Å². The molecule has 0 aliphatic carbocycles. The first kappa shape index (κ1) is 12.9. The predicted molar refractivity (Wildman–Crippen MR) is 75.9 cm³/mol. The van der Waals surface area contributed by atoms with Gasteiger partial charge in [-0.15, -0.1) is 0 Å². The Hall–Kier alpha value is -1.55. The average molecular weight is 246 g/mol. The minimum absolute atomic E-state index is 0.626. The number of anilines is 1. The van der Waals surface area contributed by atoms with E-state index in [1.165, 1.54) is 5.82 Å². The van der Waals surface area contributed by atoms with Gasteiger partial charge in [-0.05, 0) is 31.0 Å². The first-order chi connectivity index (χ1) is 8.72. The zero-order valence-electron chi connectivity index (χ0n) is 11.2. The maximum atomic E-state index is 5.63. The summed E-state index contributed by atoms with van der Waals surface area (Å²) in [7, 11) is 0. The lowest BCUT2D eigenvalue weighted by molar-refractivity contribution is 0.594. The molecule has 2 N–H and O–H groups in total. The molecule has 0 amide bonds. The van der Waals surface area contributed by atoms with E-state index in [4.69, 9.17) is 5.73 Å². The van der Waals surface area contributed by atoms with Gasteiger partial charge in [0.25, 0.3) is 0 Å². The van der Waals surface area contributed by atoms with Crippen LogP contribution < -0.4 is 10.6 Å². The van der Waals surface area contributed by atoms with Crippen molar-refractivity contribution in [2.24, 2.45) is 11.7 Å². The van der Waals surface area contributed by atoms with Crippen LogP contribution in [0.4, 0.5) is 5.82 Å². The summed E-state index contributed by atoms with van der Waals surface area (Å²) in [6.07, 6.45) is 4.87. The third-order valence-electron chi connectivity index (χ3n) is 2.95. The summed E-state index contributed by atoms with van der Waals surface area (Å²) in [6.45, 7) is 7.24. The Kier molecular flexibility index (Phi) is 4.20. The number of rotatable bonds is 6. The third-order valence-corrected chi connectivity index (χ3v) is 2.95. The van der Waals surface area contributed by atoms with Crippen LogP contribution in [0.15, 0.2) is 30.6 Å². The highest BCUT2D eigenvalue weighted by Gasteiger charge is 2.11. The van der Waals surface area contributed by atoms with Crippen LogP contribution in [-0.4, -0.2) is 29.0 Å². The first-order valence-corrected chi connectivity index (χ1v) is 6.59. The van der Waals surface area contributed by atoms with Crippen molar-refractivity contribution in [3.8, 4) is 0 Å². The molecule has 0 saturated heterocycles. The van der Waals surface area contributed by atoms with E-state index < -0.39 is 0 Å². The number of nitrogens with zero attached hydrogens (tertiary/aromatic N) is 3. The second-order valence-electron chi connectivity index (χ2n) is 5.02. The van der Waals surface area contributed by atoms with Crippen molar-refractivity contribution in [2.45, 2.75) is 20.3 Å². The zero-order valence-corrected chi connectivity index (χ0v) is 11.2. The van der Waals surface area contributed by atoms with E-state index in [1.54, 1.807) is 0 Å². The van der Waals surface area contributed by atoms with Gasteiger partial charge in [-0.2, -0.15) is 0 Å². The van der Waals surface area contributed by atoms with Crippen LogP contribution in [0.2, 0.25) is 0 Å². The van der Waals surface area contributed by atoms with Gasteiger partial charge in [0.1, 0.15) is 11.5 Å². The Labute approximate surface area is 108 Å². The van der Waals surface area contributed by atoms with Crippen LogP contribution in [0.3, 0.4) is 0 Å². The minimum Gasteiger partial charge on any atom is -0.357 e. The van der Waals surface area contributed by atoms with Crippen molar-refractivity contribution in [1.82, 2.24) is 9.38 Å². The third kappa shape index (κ3) is 2.82. The molecule has 4 nitrogen and oxygen atoms in total. The summed E-state index contributed by atoms with van der Waals surface area (Å²) in [5, 5.41) is 0. The van der Waals surface area contributed by atoms with E-state index in [0.717, 1.165) is 31.7 Å². The van der Waals surface area contributed by atoms with Crippen molar-refractivity contribution >= 4 is 11.5 Å². The van der Waals surface area contributed by atoms with Gasteiger partial charge in [-0.3, -0.25) is 4.40 Å². The van der Waals surface area contributed by atoms with Crippen LogP contribution in [-0.2, 0) is 0 Å². The molecule has 0 spiro atoms. The normalized spacial score (nSPS) is 11.3. The SMILES string of the molecule is CC(C)CN(CCCN)c1cccc2nccn12. The van der Waals surface area contributed by atoms with Crippen LogP contribution in [0.25, 0.3) is 5.65 Å². The highest BCUT2D eigenvalue weighted by Crippen LogP contribution is 2.18. The quantitative estimate of drug-likeness (QED) is 0.849. The Morgan fingerprint density at radius 3 is 2.94 bits per heavy atom. The summed E-state index contributed by atoms with van der Waals surface area (Å²) >= 11 is 0. The lowest BCUT2D eigenvalue weighted by atomic mass is 10.2. The second kappa shape index (κ2) is 5.87. The van der Waals surface area contributed by atoms with E-state index in [1.807, 2.05) is 18.5 Å². The molecular weight excluding hydrogens is 224 g/mol. The van der Waals surface area contributed by atoms with Gasteiger partial charge in [0.15, 0.2) is 0 Å². The Bertz CT molecular complexity index is 489. The van der Waals surface area contributed by atoms with Crippen LogP contribution in [0.5, 0.6) is 0 Å². The zero-order chi connectivity index (χ0) is 13.0. The molecule has 0 unspecified atom stereocenters. The van der Waals surface area contributed by atoms with E-state index in [9.17, 15) is 0 Å². The van der Waals surface area contributed by atoms with Crippen molar-refractivity contribution in [3.63, 3.8) is 0 Å². The summed E-state index contributed by atoms with van der Waals surface area (Å²) in [5.41, 5.74) is 6.63. The van der Waals surface area contributed by atoms with Crippen molar-refractivity contribution in [3.05, 3.63) is 30.6 Å². The van der Waals surface area contributed by atoms with Crippen LogP contribution >= 0.6 is 0 Å². The number of hydrogen-bond donors (Lipinski definition) is 1. The molecule has 0 fully saturated rings. The number of fused-ring (bicyclic) bond motifs is 1. The molecule has 0 atom stereocenters. The molecule has 2 heterocycles. The first-order valence-electron chi connectivity index (χ1n) is 6.59. The molecule has 0 aliphatic heterocycles. The second-order valence-corrected chi connectivity index (χ2v) is 5.02. The maximum absolute atomic E-state index is 5.63. The number of hydrogen-bond acceptors (Lipinski definition) is 3. The molecule has 18 heavy (non-hydrogen) atoms. The van der Waals surface area contributed by atoms with E-state index >= 15 is 0 Å². The highest BCUT2D eigenvalue weighted by molar-refractivity contribution is 5.51. The molecule has 2 aromatic rings. The number of imidazole rings is 1. The van der Waals surface area contributed by atoms with Crippen molar-refractivity contribution in [2.75, 3.05) is 24.5 Å². The summed E-state index contributed by atoms with van der Waals surface area (Å²) in [5.74, 6) is 1.83. The Morgan fingerprint density at radius 2 is 2.22 bits per heavy atom. The Morgan fingerprint density at radius 1 is 1.39 bits per heavy atom. The van der Waals surface area contributed by atoms with Crippen LogP contribution in [0, 0.1) is 5.92 Å². The monoisotopic (exact) mass is 246 g/mol. The fourth-order valence-corrected chi connectivity index (χ4v) is 2.21. The smallest absolute Gasteiger partial charge is 0.138 e. The molecule has 2 rings (SSSR count). The van der Waals surface area contributed by atoms with E-state index in [2.05, 4.69) is 40.3 Å². The number of aromatic nitrogens is 2. The number of pyridine rings is 1. The van der Waals surface area contributed by atoms with Gasteiger partial charge in [-0.25, -0.2) is 4.98 Å². The summed E-state index contributed by atoms with van der Waals surface area (Å²) in [4.78, 5) is 6.73. The molecule has 0 saturated carbocycles. The minimum atomic E-state index is 0.626. The highest BCUT2D eigenvalue weighted by atomic mass is 15.2. The molecule has 0 aromatic carbocycles. The van der Waals surface area contributed by atoms with Crippen LogP contribution in [0.1, 0.15) is 20.3 Å². The lowest BCUT2D eigenvalue weighted by Gasteiger charge is -2.27. The fraction of sp³-hybridized carbons (Fsp3) is 0.500. The van der Waals surface area contributed by atoms with Gasteiger partial charge in [0.05, 0.1) is 0 Å². The molecular formula is C14H22N4. The lowest BCUT2D eigenvalue weighted by Crippen LogP contribution is -2.31. The summed E-state index contributed by atoms with van der Waals surface area (Å²) in [6, 6.07) is 6.24.